The number of nitrogens with zero attached hydrogens (tertiary/aromatic N) is 1. The van der Waals surface area contributed by atoms with Gasteiger partial charge in [-0.1, -0.05) is 40.2 Å². The van der Waals surface area contributed by atoms with Crippen LogP contribution in [0.15, 0.2) is 46.9 Å². The van der Waals surface area contributed by atoms with Crippen LogP contribution in [0, 0.1) is 17.1 Å². The van der Waals surface area contributed by atoms with Crippen molar-refractivity contribution in [1.82, 2.24) is 0 Å². The Kier molecular flexibility index (Phi) is 3.55. The van der Waals surface area contributed by atoms with E-state index in [2.05, 4.69) is 15.9 Å². The SMILES string of the molecule is N#Cc1c(F)cccc1Cc1cccc(Br)c1. The molecule has 0 unspecified atom stereocenters. The average molecular weight is 290 g/mol. The molecule has 3 heteroatoms. The van der Waals surface area contributed by atoms with Crippen LogP contribution in [-0.2, 0) is 6.42 Å². The number of hydrogen-bond acceptors (Lipinski definition) is 1. The molecular formula is C14H9BrFN. The van der Waals surface area contributed by atoms with Crippen molar-refractivity contribution < 1.29 is 4.39 Å². The van der Waals surface area contributed by atoms with E-state index in [0.29, 0.717) is 12.0 Å². The van der Waals surface area contributed by atoms with Gasteiger partial charge in [-0.3, -0.25) is 0 Å². The highest BCUT2D eigenvalue weighted by molar-refractivity contribution is 9.10. The smallest absolute Gasteiger partial charge is 0.141 e. The van der Waals surface area contributed by atoms with Gasteiger partial charge in [0, 0.05) is 4.47 Å². The molecule has 0 fully saturated rings. The molecule has 2 aromatic carbocycles. The third-order valence-electron chi connectivity index (χ3n) is 2.50. The summed E-state index contributed by atoms with van der Waals surface area (Å²) < 4.78 is 14.4. The summed E-state index contributed by atoms with van der Waals surface area (Å²) in [5.74, 6) is -0.458. The van der Waals surface area contributed by atoms with Gasteiger partial charge >= 0.3 is 0 Å². The van der Waals surface area contributed by atoms with E-state index in [9.17, 15) is 4.39 Å². The fourth-order valence-corrected chi connectivity index (χ4v) is 2.15. The fraction of sp³-hybridized carbons (Fsp3) is 0.0714. The molecule has 84 valence electrons. The van der Waals surface area contributed by atoms with Gasteiger partial charge < -0.3 is 0 Å². The molecule has 0 amide bonds. The van der Waals surface area contributed by atoms with Gasteiger partial charge in [-0.15, -0.1) is 0 Å². The van der Waals surface area contributed by atoms with Crippen molar-refractivity contribution >= 4 is 15.9 Å². The molecular weight excluding hydrogens is 281 g/mol. The second-order valence-corrected chi connectivity index (χ2v) is 4.61. The van der Waals surface area contributed by atoms with Crippen molar-refractivity contribution in [2.75, 3.05) is 0 Å². The second kappa shape index (κ2) is 5.11. The second-order valence-electron chi connectivity index (χ2n) is 3.69. The quantitative estimate of drug-likeness (QED) is 0.818. The fourth-order valence-electron chi connectivity index (χ4n) is 1.71. The van der Waals surface area contributed by atoms with E-state index < -0.39 is 5.82 Å². The predicted octanol–water partition coefficient (Wildman–Crippen LogP) is 4.05. The number of halogens is 2. The van der Waals surface area contributed by atoms with Gasteiger partial charge in [0.25, 0.3) is 0 Å². The third kappa shape index (κ3) is 2.72. The van der Waals surface area contributed by atoms with E-state index in [0.717, 1.165) is 10.0 Å². The van der Waals surface area contributed by atoms with Crippen molar-refractivity contribution in [3.8, 4) is 6.07 Å². The van der Waals surface area contributed by atoms with E-state index >= 15 is 0 Å². The molecule has 0 atom stereocenters. The lowest BCUT2D eigenvalue weighted by atomic mass is 10.0. The molecule has 2 rings (SSSR count). The molecule has 17 heavy (non-hydrogen) atoms. The van der Waals surface area contributed by atoms with E-state index in [1.165, 1.54) is 6.07 Å². The van der Waals surface area contributed by atoms with Crippen LogP contribution >= 0.6 is 15.9 Å². The van der Waals surface area contributed by atoms with Crippen molar-refractivity contribution in [2.45, 2.75) is 6.42 Å². The van der Waals surface area contributed by atoms with Crippen LogP contribution in [0.5, 0.6) is 0 Å². The van der Waals surface area contributed by atoms with Crippen LogP contribution in [0.3, 0.4) is 0 Å². The Bertz CT molecular complexity index is 587. The highest BCUT2D eigenvalue weighted by Crippen LogP contribution is 2.19. The third-order valence-corrected chi connectivity index (χ3v) is 2.99. The van der Waals surface area contributed by atoms with Gasteiger partial charge in [-0.25, -0.2) is 4.39 Å². The first kappa shape index (κ1) is 11.8. The minimum absolute atomic E-state index is 0.132. The lowest BCUT2D eigenvalue weighted by Gasteiger charge is -2.05. The minimum atomic E-state index is -0.458. The Balaban J connectivity index is 2.37. The Morgan fingerprint density at radius 3 is 2.65 bits per heavy atom. The first-order valence-corrected chi connectivity index (χ1v) is 5.92. The minimum Gasteiger partial charge on any atom is -0.206 e. The predicted molar refractivity (Wildman–Crippen MR) is 68.1 cm³/mol. The number of nitriles is 1. The maximum Gasteiger partial charge on any atom is 0.141 e. The van der Waals surface area contributed by atoms with E-state index in [-0.39, 0.29) is 5.56 Å². The standard InChI is InChI=1S/C14H9BrFN/c15-12-5-1-3-10(8-12)7-11-4-2-6-14(16)13(11)9-17/h1-6,8H,7H2. The number of benzene rings is 2. The molecule has 1 nitrogen and oxygen atoms in total. The highest BCUT2D eigenvalue weighted by Gasteiger charge is 2.08. The average Bonchev–Trinajstić information content (AvgIpc) is 2.29. The molecule has 0 radical (unpaired) electrons. The normalized spacial score (nSPS) is 9.94. The maximum atomic E-state index is 13.4. The highest BCUT2D eigenvalue weighted by atomic mass is 79.9. The lowest BCUT2D eigenvalue weighted by molar-refractivity contribution is 0.622. The van der Waals surface area contributed by atoms with Gasteiger partial charge in [0.05, 0.1) is 5.56 Å². The molecule has 0 saturated heterocycles. The van der Waals surface area contributed by atoms with Gasteiger partial charge in [0.2, 0.25) is 0 Å². The van der Waals surface area contributed by atoms with Crippen molar-refractivity contribution in [3.05, 3.63) is 69.4 Å². The zero-order valence-corrected chi connectivity index (χ0v) is 10.5. The Morgan fingerprint density at radius 2 is 1.94 bits per heavy atom. The zero-order chi connectivity index (χ0) is 12.3. The van der Waals surface area contributed by atoms with Gasteiger partial charge in [0.15, 0.2) is 0 Å². The molecule has 0 aliphatic rings. The Hall–Kier alpha value is -1.66. The van der Waals surface area contributed by atoms with Crippen LogP contribution in [-0.4, -0.2) is 0 Å². The molecule has 0 aliphatic carbocycles. The molecule has 0 spiro atoms. The summed E-state index contributed by atoms with van der Waals surface area (Å²) in [7, 11) is 0. The van der Waals surface area contributed by atoms with E-state index in [1.807, 2.05) is 30.3 Å². The molecule has 0 heterocycles. The van der Waals surface area contributed by atoms with Crippen molar-refractivity contribution in [3.63, 3.8) is 0 Å². The summed E-state index contributed by atoms with van der Waals surface area (Å²) in [5, 5.41) is 8.93. The summed E-state index contributed by atoms with van der Waals surface area (Å²) >= 11 is 3.39. The van der Waals surface area contributed by atoms with E-state index in [1.54, 1.807) is 12.1 Å². The summed E-state index contributed by atoms with van der Waals surface area (Å²) in [6, 6.07) is 14.4. The van der Waals surface area contributed by atoms with Crippen LogP contribution in [0.1, 0.15) is 16.7 Å². The van der Waals surface area contributed by atoms with Crippen LogP contribution < -0.4 is 0 Å². The maximum absolute atomic E-state index is 13.4. The molecule has 0 N–H and O–H groups in total. The monoisotopic (exact) mass is 289 g/mol. The zero-order valence-electron chi connectivity index (χ0n) is 8.95. The summed E-state index contributed by atoms with van der Waals surface area (Å²) in [6.45, 7) is 0. The Morgan fingerprint density at radius 1 is 1.18 bits per heavy atom. The first-order chi connectivity index (χ1) is 8.20. The van der Waals surface area contributed by atoms with Crippen LogP contribution in [0.2, 0.25) is 0 Å². The number of rotatable bonds is 2. The molecule has 0 bridgehead atoms. The van der Waals surface area contributed by atoms with E-state index in [4.69, 9.17) is 5.26 Å². The van der Waals surface area contributed by atoms with Gasteiger partial charge in [-0.05, 0) is 35.7 Å². The first-order valence-electron chi connectivity index (χ1n) is 5.12. The van der Waals surface area contributed by atoms with Crippen molar-refractivity contribution in [1.29, 1.82) is 5.26 Å². The number of hydrogen-bond donors (Lipinski definition) is 0. The largest absolute Gasteiger partial charge is 0.206 e. The summed E-state index contributed by atoms with van der Waals surface area (Å²) in [6.07, 6.45) is 0.556. The summed E-state index contributed by atoms with van der Waals surface area (Å²) in [4.78, 5) is 0. The lowest BCUT2D eigenvalue weighted by Crippen LogP contribution is -1.95. The molecule has 0 saturated carbocycles. The molecule has 0 aromatic heterocycles. The summed E-state index contributed by atoms with van der Waals surface area (Å²) in [5.41, 5.74) is 1.89. The van der Waals surface area contributed by atoms with Crippen LogP contribution in [0.4, 0.5) is 4.39 Å². The van der Waals surface area contributed by atoms with Crippen molar-refractivity contribution in [2.24, 2.45) is 0 Å². The Labute approximate surface area is 108 Å². The topological polar surface area (TPSA) is 23.8 Å². The van der Waals surface area contributed by atoms with Gasteiger partial charge in [-0.2, -0.15) is 5.26 Å². The molecule has 0 aliphatic heterocycles. The van der Waals surface area contributed by atoms with Gasteiger partial charge in [0.1, 0.15) is 11.9 Å². The molecule has 2 aromatic rings. The van der Waals surface area contributed by atoms with Crippen LogP contribution in [0.25, 0.3) is 0 Å².